The Morgan fingerprint density at radius 1 is 1.64 bits per heavy atom. The molecule has 1 aliphatic carbocycles. The summed E-state index contributed by atoms with van der Waals surface area (Å²) in [4.78, 5) is 12.6. The van der Waals surface area contributed by atoms with Crippen LogP contribution in [-0.2, 0) is 11.3 Å². The predicted octanol–water partition coefficient (Wildman–Crippen LogP) is 2.93. The summed E-state index contributed by atoms with van der Waals surface area (Å²) < 4.78 is 1.09. The van der Waals surface area contributed by atoms with Crippen LogP contribution in [0.3, 0.4) is 0 Å². The Morgan fingerprint density at radius 3 is 3.00 bits per heavy atom. The largest absolute Gasteiger partial charge is 0.351 e. The second-order valence-electron chi connectivity index (χ2n) is 3.66. The van der Waals surface area contributed by atoms with Crippen LogP contribution in [0.25, 0.3) is 0 Å². The monoisotopic (exact) mass is 273 g/mol. The first-order chi connectivity index (χ1) is 6.74. The molecule has 1 fully saturated rings. The Morgan fingerprint density at radius 2 is 2.43 bits per heavy atom. The Labute approximate surface area is 95.8 Å². The minimum absolute atomic E-state index is 0.192. The van der Waals surface area contributed by atoms with Crippen LogP contribution in [-0.4, -0.2) is 5.91 Å². The maximum absolute atomic E-state index is 11.4. The highest BCUT2D eigenvalue weighted by atomic mass is 79.9. The number of rotatable bonds is 4. The number of nitrogens with one attached hydrogen (secondary N) is 1. The molecule has 0 radical (unpaired) electrons. The quantitative estimate of drug-likeness (QED) is 0.898. The average Bonchev–Trinajstić information content (AvgIpc) is 2.85. The van der Waals surface area contributed by atoms with Gasteiger partial charge in [0.25, 0.3) is 0 Å². The second kappa shape index (κ2) is 4.45. The van der Waals surface area contributed by atoms with Crippen molar-refractivity contribution in [3.63, 3.8) is 0 Å². The highest BCUT2D eigenvalue weighted by Crippen LogP contribution is 2.32. The standard InChI is InChI=1S/C10H12BrNOS/c11-8-4-9(14-6-8)5-12-10(13)3-7-1-2-7/h4,6-7H,1-3,5H2,(H,12,13). The lowest BCUT2D eigenvalue weighted by Gasteiger charge is -2.01. The lowest BCUT2D eigenvalue weighted by Crippen LogP contribution is -2.22. The van der Waals surface area contributed by atoms with Crippen LogP contribution in [0.5, 0.6) is 0 Å². The number of hydrogen-bond acceptors (Lipinski definition) is 2. The van der Waals surface area contributed by atoms with Gasteiger partial charge in [0.05, 0.1) is 6.54 Å². The molecule has 14 heavy (non-hydrogen) atoms. The minimum Gasteiger partial charge on any atom is -0.351 e. The topological polar surface area (TPSA) is 29.1 Å². The molecule has 4 heteroatoms. The van der Waals surface area contributed by atoms with E-state index in [2.05, 4.69) is 21.2 Å². The maximum Gasteiger partial charge on any atom is 0.220 e. The van der Waals surface area contributed by atoms with Crippen molar-refractivity contribution in [1.29, 1.82) is 0 Å². The van der Waals surface area contributed by atoms with E-state index >= 15 is 0 Å². The Hall–Kier alpha value is -0.350. The molecule has 0 saturated heterocycles. The molecule has 1 amide bonds. The van der Waals surface area contributed by atoms with Crippen molar-refractivity contribution in [2.24, 2.45) is 5.92 Å². The van der Waals surface area contributed by atoms with Gasteiger partial charge < -0.3 is 5.32 Å². The molecule has 2 nitrogen and oxygen atoms in total. The Kier molecular flexibility index (Phi) is 3.23. The minimum atomic E-state index is 0.192. The van der Waals surface area contributed by atoms with Crippen molar-refractivity contribution >= 4 is 33.2 Å². The zero-order valence-electron chi connectivity index (χ0n) is 7.75. The lowest BCUT2D eigenvalue weighted by atomic mass is 10.3. The van der Waals surface area contributed by atoms with Gasteiger partial charge in [-0.3, -0.25) is 4.79 Å². The maximum atomic E-state index is 11.4. The molecule has 1 heterocycles. The summed E-state index contributed by atoms with van der Waals surface area (Å²) in [5, 5.41) is 4.96. The molecule has 1 saturated carbocycles. The first-order valence-electron chi connectivity index (χ1n) is 4.73. The lowest BCUT2D eigenvalue weighted by molar-refractivity contribution is -0.121. The van der Waals surface area contributed by atoms with Crippen LogP contribution in [0.2, 0.25) is 0 Å². The van der Waals surface area contributed by atoms with E-state index in [-0.39, 0.29) is 5.91 Å². The molecular formula is C10H12BrNOS. The van der Waals surface area contributed by atoms with Gasteiger partial charge in [0, 0.05) is 21.2 Å². The van der Waals surface area contributed by atoms with Gasteiger partial charge in [0.15, 0.2) is 0 Å². The zero-order chi connectivity index (χ0) is 9.97. The predicted molar refractivity (Wildman–Crippen MR) is 61.2 cm³/mol. The fourth-order valence-electron chi connectivity index (χ4n) is 1.29. The summed E-state index contributed by atoms with van der Waals surface area (Å²) in [5.74, 6) is 0.863. The number of hydrogen-bond donors (Lipinski definition) is 1. The van der Waals surface area contributed by atoms with Crippen LogP contribution >= 0.6 is 27.3 Å². The number of carbonyl (C=O) groups excluding carboxylic acids is 1. The molecule has 76 valence electrons. The van der Waals surface area contributed by atoms with Crippen LogP contribution in [0.1, 0.15) is 24.1 Å². The summed E-state index contributed by atoms with van der Waals surface area (Å²) >= 11 is 5.05. The molecule has 1 aliphatic rings. The van der Waals surface area contributed by atoms with E-state index in [0.29, 0.717) is 18.9 Å². The zero-order valence-corrected chi connectivity index (χ0v) is 10.2. The van der Waals surface area contributed by atoms with Gasteiger partial charge in [-0.1, -0.05) is 0 Å². The summed E-state index contributed by atoms with van der Waals surface area (Å²) in [6.45, 7) is 0.668. The van der Waals surface area contributed by atoms with E-state index in [0.717, 1.165) is 4.47 Å². The first kappa shape index (κ1) is 10.2. The van der Waals surface area contributed by atoms with Gasteiger partial charge in [-0.05, 0) is 40.8 Å². The molecule has 0 aromatic carbocycles. The summed E-state index contributed by atoms with van der Waals surface area (Å²) in [6, 6.07) is 2.04. The molecule has 2 rings (SSSR count). The molecule has 0 atom stereocenters. The number of halogens is 1. The van der Waals surface area contributed by atoms with Crippen molar-refractivity contribution in [3.8, 4) is 0 Å². The van der Waals surface area contributed by atoms with Crippen LogP contribution in [0.4, 0.5) is 0 Å². The van der Waals surface area contributed by atoms with Gasteiger partial charge >= 0.3 is 0 Å². The van der Waals surface area contributed by atoms with E-state index in [4.69, 9.17) is 0 Å². The number of carbonyl (C=O) groups is 1. The first-order valence-corrected chi connectivity index (χ1v) is 6.41. The summed E-state index contributed by atoms with van der Waals surface area (Å²) in [7, 11) is 0. The highest BCUT2D eigenvalue weighted by Gasteiger charge is 2.24. The number of thiophene rings is 1. The third kappa shape index (κ3) is 3.10. The molecule has 0 spiro atoms. The molecule has 0 aliphatic heterocycles. The third-order valence-corrected chi connectivity index (χ3v) is 3.95. The van der Waals surface area contributed by atoms with Gasteiger partial charge in [-0.25, -0.2) is 0 Å². The van der Waals surface area contributed by atoms with E-state index < -0.39 is 0 Å². The average molecular weight is 274 g/mol. The summed E-state index contributed by atoms with van der Waals surface area (Å²) in [6.07, 6.45) is 3.18. The van der Waals surface area contributed by atoms with E-state index in [1.54, 1.807) is 11.3 Å². The fourth-order valence-corrected chi connectivity index (χ4v) is 2.68. The SMILES string of the molecule is O=C(CC1CC1)NCc1cc(Br)cs1. The van der Waals surface area contributed by atoms with Gasteiger partial charge in [0.1, 0.15) is 0 Å². The smallest absolute Gasteiger partial charge is 0.220 e. The van der Waals surface area contributed by atoms with Crippen molar-refractivity contribution < 1.29 is 4.79 Å². The van der Waals surface area contributed by atoms with E-state index in [1.807, 2.05) is 11.4 Å². The van der Waals surface area contributed by atoms with Crippen molar-refractivity contribution in [2.75, 3.05) is 0 Å². The third-order valence-electron chi connectivity index (χ3n) is 2.25. The van der Waals surface area contributed by atoms with Crippen LogP contribution < -0.4 is 5.32 Å². The molecule has 1 aromatic rings. The van der Waals surface area contributed by atoms with E-state index in [9.17, 15) is 4.79 Å². The molecule has 0 bridgehead atoms. The molecule has 0 unspecified atom stereocenters. The van der Waals surface area contributed by atoms with Crippen molar-refractivity contribution in [2.45, 2.75) is 25.8 Å². The fraction of sp³-hybridized carbons (Fsp3) is 0.500. The van der Waals surface area contributed by atoms with Crippen molar-refractivity contribution in [1.82, 2.24) is 5.32 Å². The van der Waals surface area contributed by atoms with Gasteiger partial charge in [-0.2, -0.15) is 0 Å². The highest BCUT2D eigenvalue weighted by molar-refractivity contribution is 9.10. The molecule has 1 aromatic heterocycles. The van der Waals surface area contributed by atoms with Gasteiger partial charge in [0.2, 0.25) is 5.91 Å². The Balaban J connectivity index is 1.73. The Bertz CT molecular complexity index is 333. The van der Waals surface area contributed by atoms with Crippen LogP contribution in [0, 0.1) is 5.92 Å². The summed E-state index contributed by atoms with van der Waals surface area (Å²) in [5.41, 5.74) is 0. The normalized spacial score (nSPS) is 15.5. The molecular weight excluding hydrogens is 262 g/mol. The second-order valence-corrected chi connectivity index (χ2v) is 5.57. The molecule has 1 N–H and O–H groups in total. The van der Waals surface area contributed by atoms with Crippen molar-refractivity contribution in [3.05, 3.63) is 20.8 Å². The number of amides is 1. The van der Waals surface area contributed by atoms with Gasteiger partial charge in [-0.15, -0.1) is 11.3 Å². The van der Waals surface area contributed by atoms with Crippen LogP contribution in [0.15, 0.2) is 15.9 Å². The van der Waals surface area contributed by atoms with E-state index in [1.165, 1.54) is 17.7 Å².